The van der Waals surface area contributed by atoms with Gasteiger partial charge < -0.3 is 9.84 Å². The van der Waals surface area contributed by atoms with Crippen molar-refractivity contribution < 1.29 is 29.2 Å². The Morgan fingerprint density at radius 1 is 1.06 bits per heavy atom. The maximum Gasteiger partial charge on any atom is 0.338 e. The Balaban J connectivity index is 1.84. The summed E-state index contributed by atoms with van der Waals surface area (Å²) in [6.45, 7) is 3.45. The van der Waals surface area contributed by atoms with Crippen LogP contribution in [-0.2, 0) is 14.3 Å². The Bertz CT molecular complexity index is 1380. The number of Topliss-reactive ketones (excluding diaryl/α,β-unsaturated/α-hetero) is 1. The van der Waals surface area contributed by atoms with Crippen LogP contribution >= 0.6 is 0 Å². The lowest BCUT2D eigenvalue weighted by molar-refractivity contribution is -0.384. The van der Waals surface area contributed by atoms with Gasteiger partial charge in [-0.3, -0.25) is 29.6 Å². The third-order valence-electron chi connectivity index (χ3n) is 5.52. The number of ether oxygens (including phenoxy) is 1. The van der Waals surface area contributed by atoms with E-state index in [9.17, 15) is 29.6 Å². The fourth-order valence-corrected chi connectivity index (χ4v) is 3.92. The van der Waals surface area contributed by atoms with Gasteiger partial charge in [-0.1, -0.05) is 12.1 Å². The number of amides is 1. The van der Waals surface area contributed by atoms with E-state index >= 15 is 0 Å². The van der Waals surface area contributed by atoms with E-state index in [1.54, 1.807) is 26.0 Å². The lowest BCUT2D eigenvalue weighted by Crippen LogP contribution is -2.29. The van der Waals surface area contributed by atoms with Gasteiger partial charge >= 0.3 is 5.97 Å². The van der Waals surface area contributed by atoms with Crippen LogP contribution in [0.25, 0.3) is 5.76 Å². The van der Waals surface area contributed by atoms with Crippen LogP contribution in [-0.4, -0.2) is 38.8 Å². The number of nitro benzene ring substituents is 1. The van der Waals surface area contributed by atoms with Gasteiger partial charge in [-0.2, -0.15) is 0 Å². The number of benzene rings is 2. The molecule has 10 heteroatoms. The molecule has 2 aromatic carbocycles. The van der Waals surface area contributed by atoms with Crippen LogP contribution in [0.4, 0.5) is 11.4 Å². The number of carbonyl (C=O) groups excluding carboxylic acids is 3. The highest BCUT2D eigenvalue weighted by Gasteiger charge is 2.47. The molecule has 36 heavy (non-hydrogen) atoms. The molecule has 1 unspecified atom stereocenters. The van der Waals surface area contributed by atoms with Gasteiger partial charge in [0.25, 0.3) is 17.4 Å². The van der Waals surface area contributed by atoms with Crippen LogP contribution in [0.5, 0.6) is 0 Å². The minimum atomic E-state index is -1.04. The molecular weight excluding hydrogens is 466 g/mol. The van der Waals surface area contributed by atoms with Gasteiger partial charge in [0, 0.05) is 35.8 Å². The largest absolute Gasteiger partial charge is 0.507 e. The fraction of sp³-hybridized carbons (Fsp3) is 0.154. The number of aliphatic hydroxyl groups is 1. The van der Waals surface area contributed by atoms with Gasteiger partial charge in [0.05, 0.1) is 28.2 Å². The van der Waals surface area contributed by atoms with Gasteiger partial charge in [0.2, 0.25) is 0 Å². The first-order valence-electron chi connectivity index (χ1n) is 11.0. The molecule has 1 amide bonds. The second-order valence-electron chi connectivity index (χ2n) is 8.26. The molecule has 1 aromatic heterocycles. The quantitative estimate of drug-likeness (QED) is 0.136. The van der Waals surface area contributed by atoms with Crippen molar-refractivity contribution in [3.63, 3.8) is 0 Å². The van der Waals surface area contributed by atoms with Crippen LogP contribution in [0, 0.1) is 10.1 Å². The highest BCUT2D eigenvalue weighted by molar-refractivity contribution is 6.51. The molecule has 1 fully saturated rings. The van der Waals surface area contributed by atoms with Crippen LogP contribution in [0.3, 0.4) is 0 Å². The average molecular weight is 487 g/mol. The number of aliphatic hydroxyl groups excluding tert-OH is 1. The maximum absolute atomic E-state index is 13.2. The number of aromatic nitrogens is 1. The molecule has 0 bridgehead atoms. The molecule has 0 radical (unpaired) electrons. The number of nitro groups is 1. The van der Waals surface area contributed by atoms with Crippen molar-refractivity contribution in [2.24, 2.45) is 0 Å². The van der Waals surface area contributed by atoms with Crippen molar-refractivity contribution >= 4 is 34.8 Å². The first-order chi connectivity index (χ1) is 17.2. The van der Waals surface area contributed by atoms with Crippen molar-refractivity contribution in [2.75, 3.05) is 4.90 Å². The standard InChI is InChI=1S/C26H21N3O7/c1-15(2)36-26(33)17-6-8-19(9-7-17)28-22(16-10-12-27-13-11-16)21(24(31)25(28)32)23(30)18-4-3-5-20(14-18)29(34)35/h3-15,22,30H,1-2H3/b23-21-. The Labute approximate surface area is 205 Å². The second kappa shape index (κ2) is 9.79. The number of nitrogens with zero attached hydrogens (tertiary/aromatic N) is 3. The monoisotopic (exact) mass is 487 g/mol. The molecule has 1 saturated heterocycles. The van der Waals surface area contributed by atoms with E-state index in [4.69, 9.17) is 4.74 Å². The summed E-state index contributed by atoms with van der Waals surface area (Å²) < 4.78 is 5.19. The normalized spacial score (nSPS) is 16.9. The third-order valence-corrected chi connectivity index (χ3v) is 5.52. The number of ketones is 1. The molecule has 1 N–H and O–H groups in total. The van der Waals surface area contributed by atoms with E-state index in [0.29, 0.717) is 11.3 Å². The van der Waals surface area contributed by atoms with Gasteiger partial charge in [-0.05, 0) is 55.8 Å². The fourth-order valence-electron chi connectivity index (χ4n) is 3.92. The Hall–Kier alpha value is -4.86. The number of rotatable bonds is 6. The molecule has 182 valence electrons. The Morgan fingerprint density at radius 3 is 2.33 bits per heavy atom. The smallest absolute Gasteiger partial charge is 0.338 e. The number of pyridine rings is 1. The minimum absolute atomic E-state index is 0.0213. The highest BCUT2D eigenvalue weighted by Crippen LogP contribution is 2.42. The van der Waals surface area contributed by atoms with Gasteiger partial charge in [-0.15, -0.1) is 0 Å². The summed E-state index contributed by atoms with van der Waals surface area (Å²) in [5.41, 5.74) is 0.569. The summed E-state index contributed by atoms with van der Waals surface area (Å²) in [6, 6.07) is 13.3. The zero-order valence-corrected chi connectivity index (χ0v) is 19.3. The molecule has 10 nitrogen and oxygen atoms in total. The van der Waals surface area contributed by atoms with Gasteiger partial charge in [0.1, 0.15) is 5.76 Å². The third kappa shape index (κ3) is 4.56. The number of non-ortho nitro benzene ring substituents is 1. The molecule has 2 heterocycles. The number of esters is 1. The van der Waals surface area contributed by atoms with Gasteiger partial charge in [0.15, 0.2) is 0 Å². The predicted molar refractivity (Wildman–Crippen MR) is 129 cm³/mol. The summed E-state index contributed by atoms with van der Waals surface area (Å²) in [5.74, 6) is -2.93. The highest BCUT2D eigenvalue weighted by atomic mass is 16.6. The van der Waals surface area contributed by atoms with Crippen LogP contribution in [0.15, 0.2) is 78.6 Å². The van der Waals surface area contributed by atoms with Gasteiger partial charge in [-0.25, -0.2) is 4.79 Å². The predicted octanol–water partition coefficient (Wildman–Crippen LogP) is 4.18. The molecule has 0 saturated carbocycles. The summed E-state index contributed by atoms with van der Waals surface area (Å²) in [4.78, 5) is 54.3. The molecule has 1 atom stereocenters. The number of hydrogen-bond acceptors (Lipinski definition) is 8. The SMILES string of the molecule is CC(C)OC(=O)c1ccc(N2C(=O)C(=O)/C(=C(\O)c3cccc([N+](=O)[O-])c3)C2c2ccncc2)cc1. The van der Waals surface area contributed by atoms with E-state index in [2.05, 4.69) is 4.98 Å². The van der Waals surface area contributed by atoms with E-state index < -0.39 is 34.4 Å². The molecule has 1 aliphatic heterocycles. The Morgan fingerprint density at radius 2 is 1.72 bits per heavy atom. The topological polar surface area (TPSA) is 140 Å². The molecular formula is C26H21N3O7. The zero-order chi connectivity index (χ0) is 26.0. The lowest BCUT2D eigenvalue weighted by atomic mass is 9.95. The zero-order valence-electron chi connectivity index (χ0n) is 19.3. The van der Waals surface area contributed by atoms with E-state index in [-0.39, 0.29) is 28.5 Å². The Kier molecular flexibility index (Phi) is 6.60. The van der Waals surface area contributed by atoms with E-state index in [0.717, 1.165) is 6.07 Å². The van der Waals surface area contributed by atoms with Crippen molar-refractivity contribution in [3.05, 3.63) is 105 Å². The summed E-state index contributed by atoms with van der Waals surface area (Å²) >= 11 is 0. The molecule has 3 aromatic rings. The van der Waals surface area contributed by atoms with Crippen molar-refractivity contribution in [3.8, 4) is 0 Å². The molecule has 0 spiro atoms. The van der Waals surface area contributed by atoms with Crippen LogP contribution in [0.1, 0.15) is 41.4 Å². The van der Waals surface area contributed by atoms with E-state index in [1.165, 1.54) is 59.8 Å². The number of hydrogen-bond donors (Lipinski definition) is 1. The summed E-state index contributed by atoms with van der Waals surface area (Å²) in [7, 11) is 0. The van der Waals surface area contributed by atoms with Crippen molar-refractivity contribution in [2.45, 2.75) is 26.0 Å². The average Bonchev–Trinajstić information content (AvgIpc) is 3.14. The van der Waals surface area contributed by atoms with Crippen LogP contribution < -0.4 is 4.90 Å². The van der Waals surface area contributed by atoms with Crippen molar-refractivity contribution in [1.82, 2.24) is 4.98 Å². The first kappa shape index (κ1) is 24.3. The molecule has 0 aliphatic carbocycles. The van der Waals surface area contributed by atoms with E-state index in [1.807, 2.05) is 0 Å². The minimum Gasteiger partial charge on any atom is -0.507 e. The van der Waals surface area contributed by atoms with Crippen LogP contribution in [0.2, 0.25) is 0 Å². The molecule has 1 aliphatic rings. The number of anilines is 1. The number of carbonyl (C=O) groups is 3. The lowest BCUT2D eigenvalue weighted by Gasteiger charge is -2.25. The second-order valence-corrected chi connectivity index (χ2v) is 8.26. The molecule has 4 rings (SSSR count). The first-order valence-corrected chi connectivity index (χ1v) is 11.0. The maximum atomic E-state index is 13.2. The van der Waals surface area contributed by atoms with Crippen molar-refractivity contribution in [1.29, 1.82) is 0 Å². The summed E-state index contributed by atoms with van der Waals surface area (Å²) in [5, 5.41) is 22.3. The summed E-state index contributed by atoms with van der Waals surface area (Å²) in [6.07, 6.45) is 2.65.